The fourth-order valence-electron chi connectivity index (χ4n) is 1.50. The third-order valence-corrected chi connectivity index (χ3v) is 2.41. The number of hydrogen-bond donors (Lipinski definition) is 1. The number of carbonyl (C=O) groups is 2. The van der Waals surface area contributed by atoms with Crippen LogP contribution in [-0.4, -0.2) is 49.1 Å². The van der Waals surface area contributed by atoms with Crippen molar-refractivity contribution in [1.29, 1.82) is 0 Å². The quantitative estimate of drug-likeness (QED) is 0.643. The number of ether oxygens (including phenoxy) is 1. The minimum atomic E-state index is -0.378. The third-order valence-electron chi connectivity index (χ3n) is 2.41. The molecule has 5 nitrogen and oxygen atoms in total. The van der Waals surface area contributed by atoms with Crippen LogP contribution in [0.1, 0.15) is 20.3 Å². The van der Waals surface area contributed by atoms with Crippen LogP contribution in [0.25, 0.3) is 0 Å². The summed E-state index contributed by atoms with van der Waals surface area (Å²) in [6, 6.07) is -0.378. The van der Waals surface area contributed by atoms with E-state index in [1.807, 2.05) is 6.92 Å². The highest BCUT2D eigenvalue weighted by atomic mass is 16.5. The summed E-state index contributed by atoms with van der Waals surface area (Å²) in [6.45, 7) is 5.55. The molecule has 0 spiro atoms. The second-order valence-corrected chi connectivity index (χ2v) is 3.59. The zero-order valence-electron chi connectivity index (χ0n) is 9.28. The molecule has 15 heavy (non-hydrogen) atoms. The molecule has 5 heteroatoms. The van der Waals surface area contributed by atoms with E-state index in [1.165, 1.54) is 0 Å². The van der Waals surface area contributed by atoms with Gasteiger partial charge in [0.15, 0.2) is 0 Å². The number of carbonyl (C=O) groups excluding carboxylic acids is 2. The van der Waals surface area contributed by atoms with Gasteiger partial charge in [-0.05, 0) is 13.3 Å². The van der Waals surface area contributed by atoms with Gasteiger partial charge in [0.05, 0.1) is 13.2 Å². The van der Waals surface area contributed by atoms with Gasteiger partial charge in [-0.3, -0.25) is 9.59 Å². The van der Waals surface area contributed by atoms with Crippen LogP contribution in [0.15, 0.2) is 0 Å². The van der Waals surface area contributed by atoms with Gasteiger partial charge in [0.2, 0.25) is 11.8 Å². The average Bonchev–Trinajstić information content (AvgIpc) is 2.23. The van der Waals surface area contributed by atoms with Crippen LogP contribution in [0.4, 0.5) is 0 Å². The Balaban J connectivity index is 2.36. The molecule has 1 rings (SSSR count). The summed E-state index contributed by atoms with van der Waals surface area (Å²) in [5, 5.41) is 2.54. The van der Waals surface area contributed by atoms with Gasteiger partial charge in [-0.2, -0.15) is 0 Å². The standard InChI is InChI=1S/C10H18N2O3/c1-3-5-15-6-4-12-8(2)10(14)11-7-9(12)13/h8H,3-7H2,1-2H3,(H,11,14). The van der Waals surface area contributed by atoms with Crippen molar-refractivity contribution in [1.82, 2.24) is 10.2 Å². The molecule has 1 heterocycles. The van der Waals surface area contributed by atoms with Crippen LogP contribution < -0.4 is 5.32 Å². The van der Waals surface area contributed by atoms with Gasteiger partial charge in [-0.15, -0.1) is 0 Å². The molecule has 0 aromatic carbocycles. The molecule has 0 radical (unpaired) electrons. The first-order valence-electron chi connectivity index (χ1n) is 5.31. The molecular formula is C10H18N2O3. The number of piperazine rings is 1. The van der Waals surface area contributed by atoms with Crippen molar-refractivity contribution in [2.24, 2.45) is 0 Å². The van der Waals surface area contributed by atoms with E-state index in [2.05, 4.69) is 5.32 Å². The molecule has 1 atom stereocenters. The molecule has 1 unspecified atom stereocenters. The average molecular weight is 214 g/mol. The van der Waals surface area contributed by atoms with E-state index in [1.54, 1.807) is 11.8 Å². The third kappa shape index (κ3) is 3.20. The van der Waals surface area contributed by atoms with Crippen molar-refractivity contribution in [3.63, 3.8) is 0 Å². The Morgan fingerprint density at radius 3 is 2.87 bits per heavy atom. The largest absolute Gasteiger partial charge is 0.380 e. The first-order valence-corrected chi connectivity index (χ1v) is 5.31. The summed E-state index contributed by atoms with van der Waals surface area (Å²) in [5.74, 6) is -0.132. The molecule has 0 aliphatic carbocycles. The number of hydrogen-bond acceptors (Lipinski definition) is 3. The van der Waals surface area contributed by atoms with Crippen LogP contribution in [0.5, 0.6) is 0 Å². The van der Waals surface area contributed by atoms with Crippen molar-refractivity contribution in [3.05, 3.63) is 0 Å². The van der Waals surface area contributed by atoms with Gasteiger partial charge in [-0.1, -0.05) is 6.92 Å². The number of nitrogens with one attached hydrogen (secondary N) is 1. The second kappa shape index (κ2) is 5.70. The van der Waals surface area contributed by atoms with Crippen LogP contribution in [0.3, 0.4) is 0 Å². The van der Waals surface area contributed by atoms with Crippen LogP contribution in [0.2, 0.25) is 0 Å². The van der Waals surface area contributed by atoms with E-state index in [4.69, 9.17) is 4.74 Å². The summed E-state index contributed by atoms with van der Waals surface area (Å²) < 4.78 is 5.29. The lowest BCUT2D eigenvalue weighted by molar-refractivity contribution is -0.145. The highest BCUT2D eigenvalue weighted by molar-refractivity contribution is 5.94. The van der Waals surface area contributed by atoms with E-state index in [0.29, 0.717) is 19.8 Å². The first kappa shape index (κ1) is 12.0. The fraction of sp³-hybridized carbons (Fsp3) is 0.800. The molecule has 0 aromatic heterocycles. The summed E-state index contributed by atoms with van der Waals surface area (Å²) in [6.07, 6.45) is 0.962. The number of amides is 2. The number of nitrogens with zero attached hydrogens (tertiary/aromatic N) is 1. The Morgan fingerprint density at radius 1 is 1.47 bits per heavy atom. The van der Waals surface area contributed by atoms with Crippen molar-refractivity contribution in [3.8, 4) is 0 Å². The van der Waals surface area contributed by atoms with Crippen molar-refractivity contribution >= 4 is 11.8 Å². The minimum absolute atomic E-state index is 0.0396. The monoisotopic (exact) mass is 214 g/mol. The predicted octanol–water partition coefficient (Wildman–Crippen LogP) is -0.240. The van der Waals surface area contributed by atoms with Crippen LogP contribution in [-0.2, 0) is 14.3 Å². The Labute approximate surface area is 89.8 Å². The molecule has 0 aromatic rings. The molecule has 86 valence electrons. The maximum atomic E-state index is 11.5. The summed E-state index contributed by atoms with van der Waals surface area (Å²) in [5.41, 5.74) is 0. The van der Waals surface area contributed by atoms with Gasteiger partial charge in [-0.25, -0.2) is 0 Å². The summed E-state index contributed by atoms with van der Waals surface area (Å²) in [7, 11) is 0. The van der Waals surface area contributed by atoms with Crippen LogP contribution >= 0.6 is 0 Å². The van der Waals surface area contributed by atoms with Crippen LogP contribution in [0, 0.1) is 0 Å². The minimum Gasteiger partial charge on any atom is -0.380 e. The molecule has 1 aliphatic heterocycles. The second-order valence-electron chi connectivity index (χ2n) is 3.59. The van der Waals surface area contributed by atoms with E-state index < -0.39 is 0 Å². The van der Waals surface area contributed by atoms with E-state index in [9.17, 15) is 9.59 Å². The van der Waals surface area contributed by atoms with E-state index >= 15 is 0 Å². The predicted molar refractivity (Wildman–Crippen MR) is 55.3 cm³/mol. The first-order chi connectivity index (χ1) is 7.16. The Hall–Kier alpha value is -1.10. The zero-order valence-corrected chi connectivity index (χ0v) is 9.28. The topological polar surface area (TPSA) is 58.6 Å². The lowest BCUT2D eigenvalue weighted by Crippen LogP contribution is -2.57. The molecule has 0 saturated carbocycles. The summed E-state index contributed by atoms with van der Waals surface area (Å²) >= 11 is 0. The molecule has 1 saturated heterocycles. The normalized spacial score (nSPS) is 21.7. The lowest BCUT2D eigenvalue weighted by Gasteiger charge is -2.32. The van der Waals surface area contributed by atoms with Gasteiger partial charge < -0.3 is 15.0 Å². The van der Waals surface area contributed by atoms with Gasteiger partial charge in [0.25, 0.3) is 0 Å². The van der Waals surface area contributed by atoms with Crippen molar-refractivity contribution in [2.45, 2.75) is 26.3 Å². The Bertz CT molecular complexity index is 243. The molecule has 1 aliphatic rings. The van der Waals surface area contributed by atoms with Gasteiger partial charge in [0, 0.05) is 13.2 Å². The molecular weight excluding hydrogens is 196 g/mol. The van der Waals surface area contributed by atoms with Gasteiger partial charge >= 0.3 is 0 Å². The zero-order chi connectivity index (χ0) is 11.3. The maximum Gasteiger partial charge on any atom is 0.242 e. The molecule has 2 amide bonds. The SMILES string of the molecule is CCCOCCN1C(=O)CNC(=O)C1C. The smallest absolute Gasteiger partial charge is 0.242 e. The van der Waals surface area contributed by atoms with Gasteiger partial charge in [0.1, 0.15) is 6.04 Å². The highest BCUT2D eigenvalue weighted by Crippen LogP contribution is 2.04. The molecule has 1 fully saturated rings. The Kier molecular flexibility index (Phi) is 4.55. The summed E-state index contributed by atoms with van der Waals surface area (Å²) in [4.78, 5) is 24.3. The van der Waals surface area contributed by atoms with Crippen molar-refractivity contribution < 1.29 is 14.3 Å². The maximum absolute atomic E-state index is 11.5. The molecule has 1 N–H and O–H groups in total. The molecule has 0 bridgehead atoms. The number of rotatable bonds is 5. The lowest BCUT2D eigenvalue weighted by atomic mass is 10.2. The van der Waals surface area contributed by atoms with E-state index in [0.717, 1.165) is 6.42 Å². The van der Waals surface area contributed by atoms with E-state index in [-0.39, 0.29) is 24.4 Å². The Morgan fingerprint density at radius 2 is 2.20 bits per heavy atom. The fourth-order valence-corrected chi connectivity index (χ4v) is 1.50. The highest BCUT2D eigenvalue weighted by Gasteiger charge is 2.30. The van der Waals surface area contributed by atoms with Crippen molar-refractivity contribution in [2.75, 3.05) is 26.3 Å².